The van der Waals surface area contributed by atoms with Crippen LogP contribution in [-0.4, -0.2) is 139 Å². The molecule has 4 fully saturated rings. The number of allylic oxidation sites excluding steroid dienone is 2. The second kappa shape index (κ2) is 19.0. The van der Waals surface area contributed by atoms with Gasteiger partial charge in [0.1, 0.15) is 42.0 Å². The first kappa shape index (κ1) is 46.7. The summed E-state index contributed by atoms with van der Waals surface area (Å²) >= 11 is 0. The molecule has 61 heavy (non-hydrogen) atoms. The first-order valence-electron chi connectivity index (χ1n) is 22.3. The van der Waals surface area contributed by atoms with Crippen LogP contribution in [0.25, 0.3) is 0 Å². The molecular weight excluding hydrogens is 789 g/mol. The van der Waals surface area contributed by atoms with E-state index in [1.807, 2.05) is 32.1 Å². The maximum atomic E-state index is 14.3. The Labute approximate surface area is 361 Å². The summed E-state index contributed by atoms with van der Waals surface area (Å²) in [5.41, 5.74) is 0.129. The van der Waals surface area contributed by atoms with Crippen molar-refractivity contribution in [2.24, 2.45) is 23.7 Å². The molecule has 14 nitrogen and oxygen atoms in total. The Balaban J connectivity index is 1.18. The largest absolute Gasteiger partial charge is 0.462 e. The third kappa shape index (κ3) is 9.58. The molecule has 0 aromatic rings. The lowest BCUT2D eigenvalue weighted by Crippen LogP contribution is -2.58. The summed E-state index contributed by atoms with van der Waals surface area (Å²) in [5.74, 6) is -2.62. The van der Waals surface area contributed by atoms with Crippen molar-refractivity contribution in [1.29, 1.82) is 0 Å². The Kier molecular flexibility index (Phi) is 14.6. The molecule has 6 heterocycles. The lowest BCUT2D eigenvalue weighted by Gasteiger charge is -2.48. The van der Waals surface area contributed by atoms with E-state index < -0.39 is 90.8 Å². The third-order valence-corrected chi connectivity index (χ3v) is 14.0. The van der Waals surface area contributed by atoms with Crippen molar-refractivity contribution in [3.63, 3.8) is 0 Å². The number of hydrogen-bond acceptors (Lipinski definition) is 14. The highest BCUT2D eigenvalue weighted by Crippen LogP contribution is 2.47. The summed E-state index contributed by atoms with van der Waals surface area (Å²) in [7, 11) is 3.22. The Morgan fingerprint density at radius 3 is 2.28 bits per heavy atom. The van der Waals surface area contributed by atoms with Gasteiger partial charge >= 0.3 is 5.97 Å². The molecule has 19 atom stereocenters. The van der Waals surface area contributed by atoms with Crippen molar-refractivity contribution in [3.05, 3.63) is 59.3 Å². The third-order valence-electron chi connectivity index (χ3n) is 14.0. The van der Waals surface area contributed by atoms with Crippen molar-refractivity contribution in [3.8, 4) is 0 Å². The average Bonchev–Trinajstić information content (AvgIpc) is 3.56. The maximum absolute atomic E-state index is 14.3. The van der Waals surface area contributed by atoms with Crippen molar-refractivity contribution in [2.45, 2.75) is 185 Å². The lowest BCUT2D eigenvalue weighted by atomic mass is 9.71. The van der Waals surface area contributed by atoms with Gasteiger partial charge in [0.2, 0.25) is 0 Å². The Morgan fingerprint density at radius 2 is 1.56 bits per heavy atom. The van der Waals surface area contributed by atoms with Gasteiger partial charge in [-0.25, -0.2) is 0 Å². The number of aliphatic hydroxyl groups excluding tert-OH is 2. The van der Waals surface area contributed by atoms with Gasteiger partial charge in [-0.15, -0.1) is 0 Å². The maximum Gasteiger partial charge on any atom is 0.316 e. The Hall–Kier alpha value is -2.31. The number of carbonyl (C=O) groups is 1. The molecule has 2 bridgehead atoms. The zero-order valence-electron chi connectivity index (χ0n) is 37.5. The molecule has 0 aromatic heterocycles. The average molecular weight is 859 g/mol. The van der Waals surface area contributed by atoms with E-state index in [1.165, 1.54) is 0 Å². The van der Waals surface area contributed by atoms with Crippen LogP contribution in [0.1, 0.15) is 87.5 Å². The molecular formula is C47H70O14. The second-order valence-electron chi connectivity index (χ2n) is 18.8. The summed E-state index contributed by atoms with van der Waals surface area (Å²) < 4.78 is 63.5. The van der Waals surface area contributed by atoms with E-state index in [0.29, 0.717) is 43.3 Å². The molecule has 0 aromatic carbocycles. The number of fused-ring (bicyclic) bond motifs is 2. The van der Waals surface area contributed by atoms with E-state index in [2.05, 4.69) is 39.8 Å². The van der Waals surface area contributed by atoms with Gasteiger partial charge in [-0.05, 0) is 62.8 Å². The SMILES string of the molecule is CO[C@H]1C[C@H](O[C@@H]2[C@H](C)OC(OC3/C(C)=C/C[C@H]4C[C@H](CC5(C=CC(C)[C@H](C(C)C)O5)O4)OC(=O)[C@@H]4C=C(C)C(O)C5OC/C(=C\C=C\C3C)[C@@]54O)C[C@@H]2OC)O[C@@H](C)[C@H]1O. The van der Waals surface area contributed by atoms with E-state index >= 15 is 0 Å². The minimum atomic E-state index is -1.83. The number of ether oxygens (including phenoxy) is 10. The minimum absolute atomic E-state index is 0.0313. The molecule has 4 saturated heterocycles. The fraction of sp³-hybridized carbons (Fsp3) is 0.766. The molecule has 0 radical (unpaired) electrons. The summed E-state index contributed by atoms with van der Waals surface area (Å²) in [6.07, 6.45) is 7.54. The fourth-order valence-electron chi connectivity index (χ4n) is 10.4. The van der Waals surface area contributed by atoms with E-state index in [9.17, 15) is 20.1 Å². The van der Waals surface area contributed by atoms with Gasteiger partial charge in [-0.2, -0.15) is 0 Å². The van der Waals surface area contributed by atoms with Crippen LogP contribution in [0.5, 0.6) is 0 Å². The van der Waals surface area contributed by atoms with Crippen LogP contribution in [0, 0.1) is 23.7 Å². The molecule has 7 unspecified atom stereocenters. The normalized spacial score (nSPS) is 49.3. The molecule has 3 N–H and O–H groups in total. The standard InChI is InChI=1S/C47H70O14/c1-24(2)41-27(5)16-17-46(61-41)22-33-19-32(60-46)15-14-26(4)42(25(3)12-11-13-31-23-54-44-39(48)28(6)18-34(45(50)57-33)47(31,44)51)58-38-21-36(53-10)43(30(8)56-38)59-37-20-35(52-9)40(49)29(7)55-37/h11-14,16-18,24-25,27,29-30,32-44,48-49,51H,15,19-23H2,1-10H3/b12-11+,26-14+,31-13+/t25?,27?,29-,30-,32-,33+,34-,35-,36-,37-,38?,39?,40+,41-,42?,43+,44?,46?,47-/m0/s1. The summed E-state index contributed by atoms with van der Waals surface area (Å²) in [5, 5.41) is 34.2. The fourth-order valence-corrected chi connectivity index (χ4v) is 10.4. The number of methoxy groups -OCH3 is 2. The van der Waals surface area contributed by atoms with Crippen LogP contribution in [0.2, 0.25) is 0 Å². The first-order valence-corrected chi connectivity index (χ1v) is 22.3. The Bertz CT molecular complexity index is 1710. The number of rotatable bonds is 7. The van der Waals surface area contributed by atoms with Crippen LogP contribution < -0.4 is 0 Å². The van der Waals surface area contributed by atoms with Gasteiger partial charge in [0, 0.05) is 51.7 Å². The number of aliphatic hydroxyl groups is 3. The van der Waals surface area contributed by atoms with Crippen LogP contribution in [0.3, 0.4) is 0 Å². The topological polar surface area (TPSA) is 170 Å². The van der Waals surface area contributed by atoms with E-state index in [4.69, 9.17) is 47.4 Å². The first-order chi connectivity index (χ1) is 29.0. The molecule has 0 amide bonds. The quantitative estimate of drug-likeness (QED) is 0.231. The summed E-state index contributed by atoms with van der Waals surface area (Å²) in [4.78, 5) is 14.3. The van der Waals surface area contributed by atoms with Gasteiger partial charge in [0.15, 0.2) is 18.4 Å². The minimum Gasteiger partial charge on any atom is -0.462 e. The molecule has 1 aliphatic carbocycles. The highest BCUT2D eigenvalue weighted by molar-refractivity contribution is 5.78. The predicted octanol–water partition coefficient (Wildman–Crippen LogP) is 4.99. The Morgan fingerprint density at radius 1 is 0.852 bits per heavy atom. The van der Waals surface area contributed by atoms with Gasteiger partial charge in [0.25, 0.3) is 0 Å². The van der Waals surface area contributed by atoms with Crippen molar-refractivity contribution in [2.75, 3.05) is 20.8 Å². The number of carbonyl (C=O) groups excluding carboxylic acids is 1. The highest BCUT2D eigenvalue weighted by atomic mass is 16.7. The van der Waals surface area contributed by atoms with Crippen LogP contribution in [0.4, 0.5) is 0 Å². The molecule has 342 valence electrons. The number of esters is 1. The van der Waals surface area contributed by atoms with Crippen molar-refractivity contribution < 1.29 is 67.5 Å². The van der Waals surface area contributed by atoms with E-state index in [1.54, 1.807) is 40.2 Å². The highest BCUT2D eigenvalue weighted by Gasteiger charge is 2.60. The second-order valence-corrected chi connectivity index (χ2v) is 18.8. The molecule has 14 heteroatoms. The lowest BCUT2D eigenvalue weighted by molar-refractivity contribution is -0.318. The molecule has 0 saturated carbocycles. The summed E-state index contributed by atoms with van der Waals surface area (Å²) in [6.45, 7) is 16.0. The molecule has 6 aliphatic heterocycles. The van der Waals surface area contributed by atoms with Gasteiger partial charge in [0.05, 0.1) is 49.3 Å². The van der Waals surface area contributed by atoms with Crippen molar-refractivity contribution >= 4 is 5.97 Å². The zero-order valence-corrected chi connectivity index (χ0v) is 37.5. The predicted molar refractivity (Wildman–Crippen MR) is 223 cm³/mol. The zero-order chi connectivity index (χ0) is 44.0. The van der Waals surface area contributed by atoms with Gasteiger partial charge < -0.3 is 62.7 Å². The van der Waals surface area contributed by atoms with Crippen LogP contribution in [-0.2, 0) is 52.2 Å². The molecule has 7 aliphatic rings. The number of hydrogen-bond donors (Lipinski definition) is 3. The molecule has 7 rings (SSSR count). The van der Waals surface area contributed by atoms with E-state index in [-0.39, 0.29) is 42.7 Å². The van der Waals surface area contributed by atoms with E-state index in [0.717, 1.165) is 5.57 Å². The summed E-state index contributed by atoms with van der Waals surface area (Å²) in [6, 6.07) is 0. The monoisotopic (exact) mass is 858 g/mol. The molecule has 1 spiro atoms. The smallest absolute Gasteiger partial charge is 0.316 e. The van der Waals surface area contributed by atoms with Crippen LogP contribution >= 0.6 is 0 Å². The van der Waals surface area contributed by atoms with Crippen molar-refractivity contribution in [1.82, 2.24) is 0 Å². The van der Waals surface area contributed by atoms with Gasteiger partial charge in [-0.1, -0.05) is 64.2 Å². The van der Waals surface area contributed by atoms with Crippen LogP contribution in [0.15, 0.2) is 59.3 Å². The van der Waals surface area contributed by atoms with Gasteiger partial charge in [-0.3, -0.25) is 4.79 Å².